The second-order valence-electron chi connectivity index (χ2n) is 4.07. The topological polar surface area (TPSA) is 33.1 Å². The molecule has 2 unspecified atom stereocenters. The summed E-state index contributed by atoms with van der Waals surface area (Å²) >= 11 is 0. The third kappa shape index (κ3) is 1.55. The molecule has 1 aliphatic rings. The van der Waals surface area contributed by atoms with E-state index < -0.39 is 0 Å². The smallest absolute Gasteiger partial charge is 0.0643 e. The highest BCUT2D eigenvalue weighted by Gasteiger charge is 2.27. The Hall–Kier alpha value is -0.870. The van der Waals surface area contributed by atoms with Gasteiger partial charge in [-0.05, 0) is 20.0 Å². The van der Waals surface area contributed by atoms with Gasteiger partial charge in [0.15, 0.2) is 0 Å². The fourth-order valence-corrected chi connectivity index (χ4v) is 2.05. The van der Waals surface area contributed by atoms with E-state index in [-0.39, 0.29) is 0 Å². The highest BCUT2D eigenvalue weighted by Crippen LogP contribution is 2.22. The van der Waals surface area contributed by atoms with E-state index in [0.717, 1.165) is 13.1 Å². The maximum Gasteiger partial charge on any atom is 0.0643 e. The number of hydrogen-bond donors (Lipinski definition) is 1. The van der Waals surface area contributed by atoms with Gasteiger partial charge in [-0.25, -0.2) is 0 Å². The quantitative estimate of drug-likeness (QED) is 0.702. The molecular formula is C10H18N4. The Morgan fingerprint density at radius 2 is 2.21 bits per heavy atom. The average molecular weight is 194 g/mol. The molecule has 0 radical (unpaired) electrons. The van der Waals surface area contributed by atoms with Crippen LogP contribution in [0.15, 0.2) is 12.3 Å². The van der Waals surface area contributed by atoms with Crippen molar-refractivity contribution in [2.45, 2.75) is 19.0 Å². The Bertz CT molecular complexity index is 307. The summed E-state index contributed by atoms with van der Waals surface area (Å²) in [5.74, 6) is 0. The number of nitrogens with one attached hydrogen (secondary N) is 1. The molecule has 4 nitrogen and oxygen atoms in total. The van der Waals surface area contributed by atoms with E-state index in [9.17, 15) is 0 Å². The minimum absolute atomic E-state index is 0.450. The molecule has 0 amide bonds. The van der Waals surface area contributed by atoms with Crippen LogP contribution in [0.4, 0.5) is 0 Å². The molecule has 2 rings (SSSR count). The van der Waals surface area contributed by atoms with Crippen LogP contribution >= 0.6 is 0 Å². The van der Waals surface area contributed by atoms with E-state index in [1.165, 1.54) is 5.69 Å². The Balaban J connectivity index is 2.21. The highest BCUT2D eigenvalue weighted by molar-refractivity contribution is 5.09. The zero-order valence-electron chi connectivity index (χ0n) is 9.07. The zero-order valence-corrected chi connectivity index (χ0v) is 9.07. The number of rotatable bonds is 1. The predicted molar refractivity (Wildman–Crippen MR) is 56.0 cm³/mol. The van der Waals surface area contributed by atoms with E-state index in [4.69, 9.17) is 0 Å². The maximum atomic E-state index is 4.21. The summed E-state index contributed by atoms with van der Waals surface area (Å²) in [4.78, 5) is 2.41. The first-order valence-corrected chi connectivity index (χ1v) is 5.10. The second-order valence-corrected chi connectivity index (χ2v) is 4.07. The summed E-state index contributed by atoms with van der Waals surface area (Å²) in [7, 11) is 4.19. The van der Waals surface area contributed by atoms with E-state index in [2.05, 4.69) is 35.4 Å². The van der Waals surface area contributed by atoms with Crippen molar-refractivity contribution in [3.8, 4) is 0 Å². The van der Waals surface area contributed by atoms with Gasteiger partial charge in [-0.3, -0.25) is 9.58 Å². The minimum Gasteiger partial charge on any atom is -0.313 e. The summed E-state index contributed by atoms with van der Waals surface area (Å²) in [6.45, 7) is 4.33. The van der Waals surface area contributed by atoms with Crippen molar-refractivity contribution in [1.29, 1.82) is 0 Å². The van der Waals surface area contributed by atoms with Crippen molar-refractivity contribution in [1.82, 2.24) is 20.0 Å². The Labute approximate surface area is 84.9 Å². The van der Waals surface area contributed by atoms with E-state index in [1.807, 2.05) is 17.9 Å². The van der Waals surface area contributed by atoms with Crippen LogP contribution in [0.1, 0.15) is 18.7 Å². The maximum absolute atomic E-state index is 4.21. The first-order valence-electron chi connectivity index (χ1n) is 5.10. The number of piperazine rings is 1. The lowest BCUT2D eigenvalue weighted by Crippen LogP contribution is -2.50. The van der Waals surface area contributed by atoms with Gasteiger partial charge in [0.05, 0.1) is 11.7 Å². The zero-order chi connectivity index (χ0) is 10.1. The number of nitrogens with zero attached hydrogens (tertiary/aromatic N) is 3. The van der Waals surface area contributed by atoms with Crippen molar-refractivity contribution in [3.63, 3.8) is 0 Å². The molecule has 0 spiro atoms. The lowest BCUT2D eigenvalue weighted by molar-refractivity contribution is 0.135. The molecule has 78 valence electrons. The van der Waals surface area contributed by atoms with E-state index >= 15 is 0 Å². The average Bonchev–Trinajstić information content (AvgIpc) is 2.57. The number of aromatic nitrogens is 2. The van der Waals surface area contributed by atoms with Crippen molar-refractivity contribution in [2.75, 3.05) is 20.1 Å². The van der Waals surface area contributed by atoms with Gasteiger partial charge >= 0.3 is 0 Å². The molecule has 1 aromatic rings. The van der Waals surface area contributed by atoms with E-state index in [1.54, 1.807) is 0 Å². The Morgan fingerprint density at radius 3 is 2.86 bits per heavy atom. The van der Waals surface area contributed by atoms with Gasteiger partial charge < -0.3 is 5.32 Å². The normalized spacial score (nSPS) is 29.4. The molecular weight excluding hydrogens is 176 g/mol. The van der Waals surface area contributed by atoms with Gasteiger partial charge in [-0.1, -0.05) is 0 Å². The lowest BCUT2D eigenvalue weighted by Gasteiger charge is -2.38. The summed E-state index contributed by atoms with van der Waals surface area (Å²) in [5.41, 5.74) is 1.28. The molecule has 2 heterocycles. The molecule has 0 bridgehead atoms. The molecule has 1 aliphatic heterocycles. The van der Waals surface area contributed by atoms with Gasteiger partial charge in [-0.2, -0.15) is 5.10 Å². The first kappa shape index (κ1) is 9.68. The van der Waals surface area contributed by atoms with Gasteiger partial charge in [-0.15, -0.1) is 0 Å². The van der Waals surface area contributed by atoms with E-state index in [0.29, 0.717) is 12.1 Å². The summed E-state index contributed by atoms with van der Waals surface area (Å²) in [6.07, 6.45) is 1.86. The van der Waals surface area contributed by atoms with Crippen LogP contribution in [0.25, 0.3) is 0 Å². The van der Waals surface area contributed by atoms with Crippen LogP contribution in [0.2, 0.25) is 0 Å². The molecule has 0 aliphatic carbocycles. The minimum atomic E-state index is 0.450. The van der Waals surface area contributed by atoms with Crippen LogP contribution < -0.4 is 5.32 Å². The van der Waals surface area contributed by atoms with Gasteiger partial charge in [0.25, 0.3) is 0 Å². The van der Waals surface area contributed by atoms with Crippen LogP contribution in [0.3, 0.4) is 0 Å². The van der Waals surface area contributed by atoms with Crippen molar-refractivity contribution < 1.29 is 0 Å². The highest BCUT2D eigenvalue weighted by atomic mass is 15.3. The molecule has 1 saturated heterocycles. The SMILES string of the molecule is CC1CNCC(c2ccnn2C)N1C. The fraction of sp³-hybridized carbons (Fsp3) is 0.700. The van der Waals surface area contributed by atoms with Crippen molar-refractivity contribution in [2.24, 2.45) is 7.05 Å². The monoisotopic (exact) mass is 194 g/mol. The summed E-state index contributed by atoms with van der Waals surface area (Å²) in [5, 5.41) is 7.66. The molecule has 1 N–H and O–H groups in total. The van der Waals surface area contributed by atoms with Crippen LogP contribution in [0, 0.1) is 0 Å². The predicted octanol–water partition coefficient (Wildman–Crippen LogP) is 0.385. The first-order chi connectivity index (χ1) is 6.70. The van der Waals surface area contributed by atoms with Gasteiger partial charge in [0.2, 0.25) is 0 Å². The standard InChI is InChI=1S/C10H18N4/c1-8-6-11-7-10(13(8)2)9-4-5-12-14(9)3/h4-5,8,10-11H,6-7H2,1-3H3. The van der Waals surface area contributed by atoms with Crippen LogP contribution in [0.5, 0.6) is 0 Å². The fourth-order valence-electron chi connectivity index (χ4n) is 2.05. The molecule has 1 aromatic heterocycles. The van der Waals surface area contributed by atoms with Crippen molar-refractivity contribution >= 4 is 0 Å². The molecule has 1 fully saturated rings. The second kappa shape index (κ2) is 3.71. The molecule has 4 heteroatoms. The van der Waals surface area contributed by atoms with Crippen molar-refractivity contribution in [3.05, 3.63) is 18.0 Å². The summed E-state index contributed by atoms with van der Waals surface area (Å²) < 4.78 is 1.96. The Kier molecular flexibility index (Phi) is 2.56. The van der Waals surface area contributed by atoms with Crippen LogP contribution in [-0.2, 0) is 7.05 Å². The number of likely N-dealkylation sites (N-methyl/N-ethyl adjacent to an activating group) is 1. The van der Waals surface area contributed by atoms with Crippen LogP contribution in [-0.4, -0.2) is 40.9 Å². The molecule has 14 heavy (non-hydrogen) atoms. The summed E-state index contributed by atoms with van der Waals surface area (Å²) in [6, 6.07) is 3.14. The number of hydrogen-bond acceptors (Lipinski definition) is 3. The lowest BCUT2D eigenvalue weighted by atomic mass is 10.1. The molecule has 0 saturated carbocycles. The Morgan fingerprint density at radius 1 is 1.43 bits per heavy atom. The molecule has 0 aromatic carbocycles. The molecule has 2 atom stereocenters. The number of aryl methyl sites for hydroxylation is 1. The third-order valence-electron chi connectivity index (χ3n) is 3.16. The third-order valence-corrected chi connectivity index (χ3v) is 3.16. The van der Waals surface area contributed by atoms with Gasteiger partial charge in [0, 0.05) is 32.4 Å². The largest absolute Gasteiger partial charge is 0.313 e. The van der Waals surface area contributed by atoms with Gasteiger partial charge in [0.1, 0.15) is 0 Å².